The first kappa shape index (κ1) is 12.9. The molecule has 0 bridgehead atoms. The molecule has 0 spiro atoms. The van der Waals surface area contributed by atoms with Crippen molar-refractivity contribution >= 4 is 16.1 Å². The Kier molecular flexibility index (Phi) is 4.71. The molecule has 4 heteroatoms. The van der Waals surface area contributed by atoms with Crippen LogP contribution in [0.15, 0.2) is 36.4 Å². The molecule has 1 N–H and O–H groups in total. The summed E-state index contributed by atoms with van der Waals surface area (Å²) >= 11 is 0. The van der Waals surface area contributed by atoms with Crippen molar-refractivity contribution in [1.82, 2.24) is 4.72 Å². The number of benzene rings is 1. The summed E-state index contributed by atoms with van der Waals surface area (Å²) in [4.78, 5) is 0. The van der Waals surface area contributed by atoms with Crippen LogP contribution >= 0.6 is 0 Å². The maximum absolute atomic E-state index is 11.1. The summed E-state index contributed by atoms with van der Waals surface area (Å²) in [5.74, 6) is 0. The van der Waals surface area contributed by atoms with Gasteiger partial charge in [0.1, 0.15) is 0 Å². The molecule has 1 aromatic rings. The van der Waals surface area contributed by atoms with Gasteiger partial charge in [0.15, 0.2) is 0 Å². The van der Waals surface area contributed by atoms with Crippen LogP contribution in [0.4, 0.5) is 0 Å². The average molecular weight is 239 g/mol. The van der Waals surface area contributed by atoms with Gasteiger partial charge < -0.3 is 0 Å². The molecule has 0 aliphatic heterocycles. The monoisotopic (exact) mass is 239 g/mol. The van der Waals surface area contributed by atoms with Crippen molar-refractivity contribution in [2.75, 3.05) is 6.26 Å². The number of hydrogen-bond acceptors (Lipinski definition) is 2. The van der Waals surface area contributed by atoms with Crippen molar-refractivity contribution < 1.29 is 8.42 Å². The van der Waals surface area contributed by atoms with Crippen LogP contribution in [0, 0.1) is 0 Å². The lowest BCUT2D eigenvalue weighted by molar-refractivity contribution is 0.574. The lowest BCUT2D eigenvalue weighted by Crippen LogP contribution is -2.31. The number of rotatable bonds is 5. The van der Waals surface area contributed by atoms with E-state index in [1.54, 1.807) is 0 Å². The Morgan fingerprint density at radius 2 is 1.94 bits per heavy atom. The highest BCUT2D eigenvalue weighted by atomic mass is 32.2. The van der Waals surface area contributed by atoms with Crippen molar-refractivity contribution in [3.05, 3.63) is 42.0 Å². The van der Waals surface area contributed by atoms with E-state index in [2.05, 4.69) is 4.72 Å². The maximum atomic E-state index is 11.1. The van der Waals surface area contributed by atoms with E-state index in [-0.39, 0.29) is 6.04 Å². The molecule has 0 saturated heterocycles. The molecule has 3 nitrogen and oxygen atoms in total. The third kappa shape index (κ3) is 5.09. The average Bonchev–Trinajstić information content (AvgIpc) is 2.24. The Balaban J connectivity index is 2.67. The van der Waals surface area contributed by atoms with Crippen molar-refractivity contribution in [3.8, 4) is 0 Å². The standard InChI is InChI=1S/C12H17NO2S/c1-3-12(13-16(2,14)15)10-9-11-7-5-4-6-8-11/h4-10,12-13H,3H2,1-2H3/t12-/m0/s1. The number of sulfonamides is 1. The molecule has 0 aromatic heterocycles. The number of hydrogen-bond donors (Lipinski definition) is 1. The van der Waals surface area contributed by atoms with Gasteiger partial charge in [-0.25, -0.2) is 13.1 Å². The Morgan fingerprint density at radius 3 is 2.44 bits per heavy atom. The van der Waals surface area contributed by atoms with Crippen LogP contribution in [0.1, 0.15) is 18.9 Å². The second kappa shape index (κ2) is 5.82. The summed E-state index contributed by atoms with van der Waals surface area (Å²) < 4.78 is 24.7. The Labute approximate surface area is 97.2 Å². The molecular weight excluding hydrogens is 222 g/mol. The van der Waals surface area contributed by atoms with Gasteiger partial charge in [0.05, 0.1) is 6.26 Å². The molecule has 0 amide bonds. The van der Waals surface area contributed by atoms with Gasteiger partial charge in [-0.3, -0.25) is 0 Å². The van der Waals surface area contributed by atoms with Gasteiger partial charge in [-0.1, -0.05) is 49.4 Å². The zero-order valence-electron chi connectivity index (χ0n) is 9.55. The van der Waals surface area contributed by atoms with Crippen LogP contribution in [-0.4, -0.2) is 20.7 Å². The third-order valence-corrected chi connectivity index (χ3v) is 2.86. The molecule has 0 saturated carbocycles. The molecule has 0 aliphatic carbocycles. The van der Waals surface area contributed by atoms with Crippen LogP contribution in [0.2, 0.25) is 0 Å². The normalized spacial score (nSPS) is 14.1. The fourth-order valence-electron chi connectivity index (χ4n) is 1.33. The molecule has 0 aliphatic rings. The topological polar surface area (TPSA) is 46.2 Å². The summed E-state index contributed by atoms with van der Waals surface area (Å²) in [6.07, 6.45) is 5.70. The zero-order valence-corrected chi connectivity index (χ0v) is 10.4. The quantitative estimate of drug-likeness (QED) is 0.854. The van der Waals surface area contributed by atoms with Crippen LogP contribution in [0.25, 0.3) is 6.08 Å². The predicted molar refractivity (Wildman–Crippen MR) is 67.5 cm³/mol. The fourth-order valence-corrected chi connectivity index (χ4v) is 2.12. The van der Waals surface area contributed by atoms with Gasteiger partial charge >= 0.3 is 0 Å². The van der Waals surface area contributed by atoms with Crippen LogP contribution in [0.5, 0.6) is 0 Å². The van der Waals surface area contributed by atoms with E-state index in [0.29, 0.717) is 0 Å². The minimum absolute atomic E-state index is 0.143. The Morgan fingerprint density at radius 1 is 1.31 bits per heavy atom. The molecule has 0 heterocycles. The Bertz CT molecular complexity index is 437. The van der Waals surface area contributed by atoms with Crippen LogP contribution in [-0.2, 0) is 10.0 Å². The first-order valence-corrected chi connectivity index (χ1v) is 7.11. The molecule has 1 aromatic carbocycles. The molecular formula is C12H17NO2S. The van der Waals surface area contributed by atoms with E-state index in [0.717, 1.165) is 12.0 Å². The summed E-state index contributed by atoms with van der Waals surface area (Å²) in [5, 5.41) is 0. The molecule has 88 valence electrons. The van der Waals surface area contributed by atoms with Gasteiger partial charge in [-0.05, 0) is 12.0 Å². The van der Waals surface area contributed by atoms with Gasteiger partial charge in [0.2, 0.25) is 10.0 Å². The number of nitrogens with one attached hydrogen (secondary N) is 1. The largest absolute Gasteiger partial charge is 0.213 e. The smallest absolute Gasteiger partial charge is 0.209 e. The first-order valence-electron chi connectivity index (χ1n) is 5.22. The van der Waals surface area contributed by atoms with Crippen molar-refractivity contribution in [3.63, 3.8) is 0 Å². The molecule has 0 unspecified atom stereocenters. The predicted octanol–water partition coefficient (Wildman–Crippen LogP) is 2.03. The highest BCUT2D eigenvalue weighted by Crippen LogP contribution is 2.04. The van der Waals surface area contributed by atoms with Gasteiger partial charge in [-0.2, -0.15) is 0 Å². The van der Waals surface area contributed by atoms with E-state index in [1.807, 2.05) is 49.4 Å². The maximum Gasteiger partial charge on any atom is 0.209 e. The summed E-state index contributed by atoms with van der Waals surface area (Å²) in [7, 11) is -3.14. The van der Waals surface area contributed by atoms with Crippen LogP contribution < -0.4 is 4.72 Å². The zero-order chi connectivity index (χ0) is 12.0. The summed E-state index contributed by atoms with van der Waals surface area (Å²) in [5.41, 5.74) is 1.07. The van der Waals surface area contributed by atoms with Crippen molar-refractivity contribution in [2.24, 2.45) is 0 Å². The second-order valence-corrected chi connectivity index (χ2v) is 5.45. The molecule has 0 fully saturated rings. The lowest BCUT2D eigenvalue weighted by Gasteiger charge is -2.10. The minimum Gasteiger partial charge on any atom is -0.213 e. The van der Waals surface area contributed by atoms with E-state index in [9.17, 15) is 8.42 Å². The van der Waals surface area contributed by atoms with Crippen molar-refractivity contribution in [1.29, 1.82) is 0 Å². The SMILES string of the molecule is CC[C@@H](C=Cc1ccccc1)NS(C)(=O)=O. The highest BCUT2D eigenvalue weighted by Gasteiger charge is 2.07. The van der Waals surface area contributed by atoms with E-state index < -0.39 is 10.0 Å². The highest BCUT2D eigenvalue weighted by molar-refractivity contribution is 7.88. The minimum atomic E-state index is -3.14. The fraction of sp³-hybridized carbons (Fsp3) is 0.333. The molecule has 16 heavy (non-hydrogen) atoms. The molecule has 1 atom stereocenters. The third-order valence-electron chi connectivity index (χ3n) is 2.13. The Hall–Kier alpha value is -1.13. The summed E-state index contributed by atoms with van der Waals surface area (Å²) in [6, 6.07) is 9.65. The van der Waals surface area contributed by atoms with Crippen molar-refractivity contribution in [2.45, 2.75) is 19.4 Å². The molecule has 0 radical (unpaired) electrons. The van der Waals surface area contributed by atoms with Gasteiger partial charge in [0.25, 0.3) is 0 Å². The van der Waals surface area contributed by atoms with E-state index in [4.69, 9.17) is 0 Å². The summed E-state index contributed by atoms with van der Waals surface area (Å²) in [6.45, 7) is 1.94. The van der Waals surface area contributed by atoms with Gasteiger partial charge in [-0.15, -0.1) is 0 Å². The van der Waals surface area contributed by atoms with E-state index in [1.165, 1.54) is 6.26 Å². The van der Waals surface area contributed by atoms with Crippen LogP contribution in [0.3, 0.4) is 0 Å². The second-order valence-electron chi connectivity index (χ2n) is 3.67. The first-order chi connectivity index (χ1) is 7.51. The molecule has 1 rings (SSSR count). The van der Waals surface area contributed by atoms with E-state index >= 15 is 0 Å². The lowest BCUT2D eigenvalue weighted by atomic mass is 10.1. The van der Waals surface area contributed by atoms with Gasteiger partial charge in [0, 0.05) is 6.04 Å².